The largest absolute Gasteiger partial charge is 0.325 e. The van der Waals surface area contributed by atoms with Crippen LogP contribution < -0.4 is 5.32 Å². The van der Waals surface area contributed by atoms with Gasteiger partial charge in [-0.15, -0.1) is 10.2 Å². The molecule has 0 atom stereocenters. The number of thioether (sulfide) groups is 1. The summed E-state index contributed by atoms with van der Waals surface area (Å²) in [5, 5.41) is 11.9. The number of nitrogens with one attached hydrogen (secondary N) is 1. The Kier molecular flexibility index (Phi) is 4.47. The Morgan fingerprint density at radius 3 is 2.91 bits per heavy atom. The van der Waals surface area contributed by atoms with E-state index in [0.29, 0.717) is 17.7 Å². The molecule has 0 saturated heterocycles. The topological polar surface area (TPSA) is 59.8 Å². The van der Waals surface area contributed by atoms with Gasteiger partial charge in [-0.25, -0.2) is 0 Å². The van der Waals surface area contributed by atoms with Crippen molar-refractivity contribution in [3.63, 3.8) is 0 Å². The van der Waals surface area contributed by atoms with Gasteiger partial charge in [0.15, 0.2) is 5.16 Å². The molecule has 0 spiro atoms. The average molecular weight is 316 g/mol. The molecular weight excluding hydrogens is 296 g/mol. The number of hydrogen-bond donors (Lipinski definition) is 1. The molecular formula is C16H20N4OS. The highest BCUT2D eigenvalue weighted by Crippen LogP contribution is 2.37. The van der Waals surface area contributed by atoms with E-state index in [9.17, 15) is 4.79 Å². The number of carbonyl (C=O) groups excluding carboxylic acids is 1. The number of rotatable bonds is 6. The minimum atomic E-state index is -0.0107. The van der Waals surface area contributed by atoms with Crippen LogP contribution in [0.3, 0.4) is 0 Å². The number of anilines is 1. The highest BCUT2D eigenvalue weighted by molar-refractivity contribution is 7.99. The smallest absolute Gasteiger partial charge is 0.234 e. The van der Waals surface area contributed by atoms with E-state index in [1.54, 1.807) is 6.33 Å². The van der Waals surface area contributed by atoms with Gasteiger partial charge >= 0.3 is 0 Å². The van der Waals surface area contributed by atoms with Crippen molar-refractivity contribution in [2.45, 2.75) is 43.8 Å². The molecule has 1 N–H and O–H groups in total. The van der Waals surface area contributed by atoms with E-state index in [4.69, 9.17) is 0 Å². The third-order valence-corrected chi connectivity index (χ3v) is 4.63. The molecule has 0 aliphatic heterocycles. The molecule has 1 saturated carbocycles. The van der Waals surface area contributed by atoms with Crippen LogP contribution >= 0.6 is 11.8 Å². The van der Waals surface area contributed by atoms with Gasteiger partial charge in [0.1, 0.15) is 6.33 Å². The van der Waals surface area contributed by atoms with Gasteiger partial charge in [0.2, 0.25) is 5.91 Å². The first-order valence-corrected chi connectivity index (χ1v) is 8.55. The second-order valence-corrected chi connectivity index (χ2v) is 6.77. The fourth-order valence-electron chi connectivity index (χ4n) is 2.37. The molecule has 1 aromatic heterocycles. The van der Waals surface area contributed by atoms with Crippen molar-refractivity contribution in [1.29, 1.82) is 0 Å². The normalized spacial score (nSPS) is 14.3. The van der Waals surface area contributed by atoms with Gasteiger partial charge in [0.25, 0.3) is 0 Å². The Balaban J connectivity index is 1.60. The van der Waals surface area contributed by atoms with Crippen molar-refractivity contribution >= 4 is 23.4 Å². The fraction of sp³-hybridized carbons (Fsp3) is 0.438. The van der Waals surface area contributed by atoms with Gasteiger partial charge in [0, 0.05) is 11.7 Å². The third-order valence-electron chi connectivity index (χ3n) is 3.67. The first-order valence-electron chi connectivity index (χ1n) is 7.56. The summed E-state index contributed by atoms with van der Waals surface area (Å²) in [4.78, 5) is 12.2. The number of carbonyl (C=O) groups is 1. The molecule has 22 heavy (non-hydrogen) atoms. The van der Waals surface area contributed by atoms with Crippen LogP contribution in [0.15, 0.2) is 35.7 Å². The minimum absolute atomic E-state index is 0.0107. The zero-order chi connectivity index (χ0) is 15.5. The van der Waals surface area contributed by atoms with Crippen molar-refractivity contribution in [3.05, 3.63) is 36.2 Å². The maximum atomic E-state index is 12.2. The number of benzene rings is 1. The summed E-state index contributed by atoms with van der Waals surface area (Å²) < 4.78 is 2.07. The Morgan fingerprint density at radius 2 is 2.18 bits per heavy atom. The molecule has 1 fully saturated rings. The Labute approximate surface area is 134 Å². The quantitative estimate of drug-likeness (QED) is 0.829. The molecule has 6 heteroatoms. The van der Waals surface area contributed by atoms with E-state index < -0.39 is 0 Å². The summed E-state index contributed by atoms with van der Waals surface area (Å²) in [6.07, 6.45) is 4.12. The lowest BCUT2D eigenvalue weighted by Crippen LogP contribution is -2.16. The fourth-order valence-corrected chi connectivity index (χ4v) is 3.15. The molecule has 2 aromatic rings. The van der Waals surface area contributed by atoms with Crippen LogP contribution in [-0.4, -0.2) is 26.4 Å². The molecule has 1 aliphatic carbocycles. The maximum absolute atomic E-state index is 12.2. The Morgan fingerprint density at radius 1 is 1.41 bits per heavy atom. The minimum Gasteiger partial charge on any atom is -0.325 e. The SMILES string of the molecule is CC(C)c1ccccc1NC(=O)CSc1nncn1C1CC1. The maximum Gasteiger partial charge on any atom is 0.234 e. The predicted octanol–water partition coefficient (Wildman–Crippen LogP) is 3.47. The van der Waals surface area contributed by atoms with Crippen molar-refractivity contribution in [2.24, 2.45) is 0 Å². The van der Waals surface area contributed by atoms with Crippen LogP contribution in [0.5, 0.6) is 0 Å². The van der Waals surface area contributed by atoms with E-state index in [1.807, 2.05) is 18.2 Å². The van der Waals surface area contributed by atoms with Crippen LogP contribution in [0.1, 0.15) is 44.2 Å². The number of para-hydroxylation sites is 1. The molecule has 1 aliphatic rings. The average Bonchev–Trinajstić information content (AvgIpc) is 3.24. The van der Waals surface area contributed by atoms with Crippen molar-refractivity contribution in [1.82, 2.24) is 14.8 Å². The molecule has 0 bridgehead atoms. The number of hydrogen-bond acceptors (Lipinski definition) is 4. The number of aromatic nitrogens is 3. The second kappa shape index (κ2) is 6.52. The first kappa shape index (κ1) is 15.1. The summed E-state index contributed by atoms with van der Waals surface area (Å²) in [5.74, 6) is 0.711. The lowest BCUT2D eigenvalue weighted by Gasteiger charge is -2.13. The van der Waals surface area contributed by atoms with Gasteiger partial charge in [-0.05, 0) is 30.4 Å². The predicted molar refractivity (Wildman–Crippen MR) is 88.2 cm³/mol. The third kappa shape index (κ3) is 3.50. The molecule has 5 nitrogen and oxygen atoms in total. The second-order valence-electron chi connectivity index (χ2n) is 5.83. The van der Waals surface area contributed by atoms with Crippen LogP contribution in [0.25, 0.3) is 0 Å². The van der Waals surface area contributed by atoms with Crippen LogP contribution in [0.2, 0.25) is 0 Å². The summed E-state index contributed by atoms with van der Waals surface area (Å²) >= 11 is 1.44. The van der Waals surface area contributed by atoms with E-state index in [-0.39, 0.29) is 5.91 Å². The highest BCUT2D eigenvalue weighted by Gasteiger charge is 2.26. The van der Waals surface area contributed by atoms with E-state index in [0.717, 1.165) is 16.4 Å². The highest BCUT2D eigenvalue weighted by atomic mass is 32.2. The molecule has 0 radical (unpaired) electrons. The van der Waals surface area contributed by atoms with Crippen molar-refractivity contribution in [2.75, 3.05) is 11.1 Å². The number of amides is 1. The summed E-state index contributed by atoms with van der Waals surface area (Å²) in [6, 6.07) is 8.47. The van der Waals surface area contributed by atoms with E-state index >= 15 is 0 Å². The molecule has 1 heterocycles. The molecule has 0 unspecified atom stereocenters. The van der Waals surface area contributed by atoms with Crippen LogP contribution in [0.4, 0.5) is 5.69 Å². The van der Waals surface area contributed by atoms with Crippen molar-refractivity contribution in [3.8, 4) is 0 Å². The van der Waals surface area contributed by atoms with E-state index in [2.05, 4.69) is 40.0 Å². The Bertz CT molecular complexity index is 664. The zero-order valence-electron chi connectivity index (χ0n) is 12.8. The van der Waals surface area contributed by atoms with Crippen molar-refractivity contribution < 1.29 is 4.79 Å². The Hall–Kier alpha value is -1.82. The van der Waals surface area contributed by atoms with Gasteiger partial charge in [-0.1, -0.05) is 43.8 Å². The van der Waals surface area contributed by atoms with E-state index in [1.165, 1.54) is 24.6 Å². The van der Waals surface area contributed by atoms with Gasteiger partial charge in [-0.3, -0.25) is 4.79 Å². The summed E-state index contributed by atoms with van der Waals surface area (Å²) in [6.45, 7) is 4.25. The van der Waals surface area contributed by atoms with Gasteiger partial charge in [-0.2, -0.15) is 0 Å². The summed E-state index contributed by atoms with van der Waals surface area (Å²) in [5.41, 5.74) is 2.05. The first-order chi connectivity index (χ1) is 10.6. The van der Waals surface area contributed by atoms with Gasteiger partial charge < -0.3 is 9.88 Å². The van der Waals surface area contributed by atoms with Crippen LogP contribution in [-0.2, 0) is 4.79 Å². The zero-order valence-corrected chi connectivity index (χ0v) is 13.6. The molecule has 116 valence electrons. The summed E-state index contributed by atoms with van der Waals surface area (Å²) in [7, 11) is 0. The lowest BCUT2D eigenvalue weighted by atomic mass is 10.0. The number of nitrogens with zero attached hydrogens (tertiary/aromatic N) is 3. The van der Waals surface area contributed by atoms with Crippen LogP contribution in [0, 0.1) is 0 Å². The van der Waals surface area contributed by atoms with Gasteiger partial charge in [0.05, 0.1) is 5.75 Å². The molecule has 1 amide bonds. The standard InChI is InChI=1S/C16H20N4OS/c1-11(2)13-5-3-4-6-14(13)18-15(21)9-22-16-19-17-10-20(16)12-7-8-12/h3-6,10-12H,7-9H2,1-2H3,(H,18,21). The molecule has 3 rings (SSSR count). The molecule has 1 aromatic carbocycles. The lowest BCUT2D eigenvalue weighted by molar-refractivity contribution is -0.113. The monoisotopic (exact) mass is 316 g/mol.